The molecule has 1 aliphatic heterocycles. The first-order valence-corrected chi connectivity index (χ1v) is 3.80. The summed E-state index contributed by atoms with van der Waals surface area (Å²) in [7, 11) is 0. The SMILES string of the molecule is [CH2]CN1CC(Cl)=C(Cl)C(=O)N1. The van der Waals surface area contributed by atoms with E-state index < -0.39 is 0 Å². The average molecular weight is 194 g/mol. The molecule has 0 aliphatic carbocycles. The normalized spacial score (nSPS) is 20.5. The van der Waals surface area contributed by atoms with Crippen molar-refractivity contribution in [3.05, 3.63) is 17.0 Å². The van der Waals surface area contributed by atoms with Gasteiger partial charge in [-0.1, -0.05) is 23.2 Å². The molecule has 0 aromatic rings. The molecule has 1 amide bonds. The first-order valence-electron chi connectivity index (χ1n) is 3.04. The molecule has 0 unspecified atom stereocenters. The van der Waals surface area contributed by atoms with Crippen molar-refractivity contribution in [2.45, 2.75) is 0 Å². The Bertz CT molecular complexity index is 215. The number of hydrogen-bond acceptors (Lipinski definition) is 2. The summed E-state index contributed by atoms with van der Waals surface area (Å²) in [6, 6.07) is 0. The van der Waals surface area contributed by atoms with Gasteiger partial charge in [0.2, 0.25) is 0 Å². The van der Waals surface area contributed by atoms with Gasteiger partial charge >= 0.3 is 0 Å². The van der Waals surface area contributed by atoms with Crippen molar-refractivity contribution in [3.63, 3.8) is 0 Å². The van der Waals surface area contributed by atoms with E-state index in [0.717, 1.165) is 0 Å². The van der Waals surface area contributed by atoms with E-state index >= 15 is 0 Å². The highest BCUT2D eigenvalue weighted by molar-refractivity contribution is 6.48. The molecule has 1 N–H and O–H groups in total. The number of rotatable bonds is 1. The van der Waals surface area contributed by atoms with Gasteiger partial charge in [0.15, 0.2) is 0 Å². The van der Waals surface area contributed by atoms with E-state index in [1.165, 1.54) is 0 Å². The fourth-order valence-electron chi connectivity index (χ4n) is 0.727. The molecule has 0 fully saturated rings. The summed E-state index contributed by atoms with van der Waals surface area (Å²) in [5, 5.41) is 2.01. The second-order valence-corrected chi connectivity index (χ2v) is 2.92. The molecular formula is C6H7Cl2N2O. The van der Waals surface area contributed by atoms with Crippen molar-refractivity contribution in [1.29, 1.82) is 0 Å². The van der Waals surface area contributed by atoms with Crippen molar-refractivity contribution >= 4 is 29.1 Å². The van der Waals surface area contributed by atoms with Crippen LogP contribution in [0.2, 0.25) is 0 Å². The zero-order valence-electron chi connectivity index (χ0n) is 5.73. The molecule has 1 aliphatic rings. The second kappa shape index (κ2) is 3.43. The molecule has 0 aromatic carbocycles. The van der Waals surface area contributed by atoms with Gasteiger partial charge in [-0.15, -0.1) is 0 Å². The van der Waals surface area contributed by atoms with E-state index in [1.807, 2.05) is 0 Å². The van der Waals surface area contributed by atoms with Crippen LogP contribution in [-0.2, 0) is 4.79 Å². The highest BCUT2D eigenvalue weighted by atomic mass is 35.5. The molecule has 0 bridgehead atoms. The number of hydrazine groups is 1. The number of amides is 1. The van der Waals surface area contributed by atoms with Crippen LogP contribution in [0.15, 0.2) is 10.1 Å². The Kier molecular flexibility index (Phi) is 2.76. The van der Waals surface area contributed by atoms with E-state index in [0.29, 0.717) is 18.1 Å². The number of hydrogen-bond donors (Lipinski definition) is 1. The molecule has 1 rings (SSSR count). The molecule has 5 heteroatoms. The van der Waals surface area contributed by atoms with Crippen molar-refractivity contribution in [3.8, 4) is 0 Å². The summed E-state index contributed by atoms with van der Waals surface area (Å²) in [6.07, 6.45) is 0. The Balaban J connectivity index is 2.76. The maximum atomic E-state index is 10.9. The lowest BCUT2D eigenvalue weighted by Crippen LogP contribution is -2.46. The van der Waals surface area contributed by atoms with Crippen LogP contribution in [0.3, 0.4) is 0 Å². The zero-order valence-corrected chi connectivity index (χ0v) is 7.24. The first-order chi connectivity index (χ1) is 5.15. The van der Waals surface area contributed by atoms with Crippen LogP contribution >= 0.6 is 23.2 Å². The molecule has 1 heterocycles. The predicted molar refractivity (Wildman–Crippen MR) is 43.8 cm³/mol. The van der Waals surface area contributed by atoms with E-state index in [9.17, 15) is 4.79 Å². The molecule has 11 heavy (non-hydrogen) atoms. The van der Waals surface area contributed by atoms with Crippen LogP contribution in [0, 0.1) is 6.92 Å². The summed E-state index contributed by atoms with van der Waals surface area (Å²) in [5.74, 6) is -0.369. The Hall–Kier alpha value is -0.250. The number of nitrogens with zero attached hydrogens (tertiary/aromatic N) is 1. The maximum absolute atomic E-state index is 10.9. The predicted octanol–water partition coefficient (Wildman–Crippen LogP) is 0.856. The van der Waals surface area contributed by atoms with E-state index in [2.05, 4.69) is 12.3 Å². The van der Waals surface area contributed by atoms with Gasteiger partial charge in [-0.25, -0.2) is 5.01 Å². The molecule has 1 radical (unpaired) electrons. The smallest absolute Gasteiger partial charge is 0.278 e. The van der Waals surface area contributed by atoms with Crippen molar-refractivity contribution in [2.75, 3.05) is 13.1 Å². The van der Waals surface area contributed by atoms with Crippen LogP contribution in [0.1, 0.15) is 0 Å². The van der Waals surface area contributed by atoms with Crippen molar-refractivity contribution in [1.82, 2.24) is 10.4 Å². The van der Waals surface area contributed by atoms with Crippen LogP contribution in [0.4, 0.5) is 0 Å². The van der Waals surface area contributed by atoms with Crippen molar-refractivity contribution in [2.24, 2.45) is 0 Å². The lowest BCUT2D eigenvalue weighted by Gasteiger charge is -2.25. The summed E-state index contributed by atoms with van der Waals surface area (Å²) < 4.78 is 0. The van der Waals surface area contributed by atoms with Crippen LogP contribution in [-0.4, -0.2) is 24.0 Å². The first kappa shape index (κ1) is 8.84. The molecule has 0 atom stereocenters. The quantitative estimate of drug-likeness (QED) is 0.671. The lowest BCUT2D eigenvalue weighted by molar-refractivity contribution is -0.121. The third kappa shape index (κ3) is 1.86. The van der Waals surface area contributed by atoms with Gasteiger partial charge in [-0.3, -0.25) is 10.2 Å². The molecule has 61 valence electrons. The Labute approximate surface area is 74.9 Å². The molecule has 3 nitrogen and oxygen atoms in total. The number of halogens is 2. The van der Waals surface area contributed by atoms with E-state index in [1.54, 1.807) is 5.01 Å². The average Bonchev–Trinajstić information content (AvgIpc) is 1.99. The summed E-state index contributed by atoms with van der Waals surface area (Å²) in [6.45, 7) is 4.48. The minimum Gasteiger partial charge on any atom is -0.284 e. The highest BCUT2D eigenvalue weighted by Crippen LogP contribution is 2.18. The Morgan fingerprint density at radius 3 is 2.73 bits per heavy atom. The minimum absolute atomic E-state index is 0.0661. The topological polar surface area (TPSA) is 32.3 Å². The molecule has 0 aromatic heterocycles. The number of carbonyl (C=O) groups is 1. The summed E-state index contributed by atoms with van der Waals surface area (Å²) >= 11 is 11.2. The lowest BCUT2D eigenvalue weighted by atomic mass is 10.4. The summed E-state index contributed by atoms with van der Waals surface area (Å²) in [4.78, 5) is 10.9. The van der Waals surface area contributed by atoms with Crippen LogP contribution in [0.25, 0.3) is 0 Å². The third-order valence-electron chi connectivity index (χ3n) is 1.30. The monoisotopic (exact) mass is 193 g/mol. The number of nitrogens with one attached hydrogen (secondary N) is 1. The zero-order chi connectivity index (χ0) is 8.43. The summed E-state index contributed by atoms with van der Waals surface area (Å²) in [5.41, 5.74) is 2.50. The van der Waals surface area contributed by atoms with Crippen molar-refractivity contribution < 1.29 is 4.79 Å². The third-order valence-corrected chi connectivity index (χ3v) is 2.10. The van der Waals surface area contributed by atoms with Gasteiger partial charge < -0.3 is 0 Å². The maximum Gasteiger partial charge on any atom is 0.278 e. The van der Waals surface area contributed by atoms with Gasteiger partial charge in [-0.05, 0) is 6.92 Å². The Morgan fingerprint density at radius 2 is 2.27 bits per heavy atom. The largest absolute Gasteiger partial charge is 0.284 e. The molecule has 0 saturated carbocycles. The van der Waals surface area contributed by atoms with Crippen LogP contribution < -0.4 is 5.43 Å². The molecule has 0 spiro atoms. The Morgan fingerprint density at radius 1 is 1.64 bits per heavy atom. The van der Waals surface area contributed by atoms with E-state index in [-0.39, 0.29) is 10.9 Å². The van der Waals surface area contributed by atoms with Gasteiger partial charge in [0.1, 0.15) is 5.03 Å². The standard InChI is InChI=1S/C6H7Cl2N2O/c1-2-10-3-4(7)5(8)6(11)9-10/h1-3H2,(H,9,11). The van der Waals surface area contributed by atoms with Crippen LogP contribution in [0.5, 0.6) is 0 Å². The van der Waals surface area contributed by atoms with Gasteiger partial charge in [0, 0.05) is 6.54 Å². The molecule has 0 saturated heterocycles. The number of carbonyl (C=O) groups excluding carboxylic acids is 1. The highest BCUT2D eigenvalue weighted by Gasteiger charge is 2.21. The van der Waals surface area contributed by atoms with E-state index in [4.69, 9.17) is 23.2 Å². The second-order valence-electron chi connectivity index (χ2n) is 2.08. The fourth-order valence-corrected chi connectivity index (χ4v) is 1.06. The minimum atomic E-state index is -0.369. The van der Waals surface area contributed by atoms with Gasteiger partial charge in [0.25, 0.3) is 5.91 Å². The van der Waals surface area contributed by atoms with Gasteiger partial charge in [-0.2, -0.15) is 0 Å². The fraction of sp³-hybridized carbons (Fsp3) is 0.333. The van der Waals surface area contributed by atoms with Gasteiger partial charge in [0.05, 0.1) is 11.6 Å². The molecular weight excluding hydrogens is 187 g/mol.